The molecule has 0 aliphatic carbocycles. The third kappa shape index (κ3) is 33.5. The Morgan fingerprint density at radius 2 is 1.15 bits per heavy atom. The van der Waals surface area contributed by atoms with Crippen molar-refractivity contribution < 1.29 is 24.3 Å². The molecular formula is C19H43N2O5P. The Labute approximate surface area is 165 Å². The van der Waals surface area contributed by atoms with E-state index in [1.165, 1.54) is 90.1 Å². The van der Waals surface area contributed by atoms with Gasteiger partial charge in [0.15, 0.2) is 0 Å². The average molecular weight is 411 g/mol. The van der Waals surface area contributed by atoms with Crippen LogP contribution in [-0.4, -0.2) is 46.8 Å². The van der Waals surface area contributed by atoms with E-state index >= 15 is 0 Å². The molecule has 0 radical (unpaired) electrons. The van der Waals surface area contributed by atoms with E-state index < -0.39 is 26.4 Å². The number of nitrogens with one attached hydrogen (secondary N) is 2. The fraction of sp³-hybridized carbons (Fsp3) is 0.947. The molecule has 164 valence electrons. The first-order valence-electron chi connectivity index (χ1n) is 10.5. The van der Waals surface area contributed by atoms with Crippen molar-refractivity contribution >= 4 is 13.6 Å². The summed E-state index contributed by atoms with van der Waals surface area (Å²) in [4.78, 5) is 26.1. The van der Waals surface area contributed by atoms with E-state index in [0.717, 1.165) is 0 Å². The molecule has 0 fully saturated rings. The van der Waals surface area contributed by atoms with Crippen molar-refractivity contribution in [1.29, 1.82) is 0 Å². The van der Waals surface area contributed by atoms with Crippen molar-refractivity contribution in [2.24, 2.45) is 0 Å². The van der Waals surface area contributed by atoms with Crippen molar-refractivity contribution in [3.8, 4) is 0 Å². The van der Waals surface area contributed by atoms with Gasteiger partial charge in [-0.2, -0.15) is 0 Å². The zero-order valence-corrected chi connectivity index (χ0v) is 18.3. The zero-order chi connectivity index (χ0) is 20.8. The first-order chi connectivity index (χ1) is 12.8. The summed E-state index contributed by atoms with van der Waals surface area (Å²) in [6, 6.07) is 0. The van der Waals surface area contributed by atoms with Gasteiger partial charge in [0.2, 0.25) is 0 Å². The maximum Gasteiger partial charge on any atom is 0.339 e. The number of carboxylic acid groups (broad SMARTS) is 1. The van der Waals surface area contributed by atoms with Crippen molar-refractivity contribution in [3.05, 3.63) is 0 Å². The summed E-state index contributed by atoms with van der Waals surface area (Å²) in [5.41, 5.74) is 0. The minimum Gasteiger partial charge on any atom is -0.480 e. The lowest BCUT2D eigenvalue weighted by Gasteiger charge is -2.04. The van der Waals surface area contributed by atoms with Crippen LogP contribution in [0.3, 0.4) is 0 Å². The first-order valence-corrected chi connectivity index (χ1v) is 12.3. The minimum absolute atomic E-state index is 0.439. The van der Waals surface area contributed by atoms with E-state index in [9.17, 15) is 9.36 Å². The van der Waals surface area contributed by atoms with Crippen molar-refractivity contribution in [3.63, 3.8) is 0 Å². The Bertz CT molecular complexity index is 350. The van der Waals surface area contributed by atoms with Crippen LogP contribution in [0.1, 0.15) is 90.9 Å². The standard InChI is InChI=1S/C16H35N.C3H8NO5P/c1-3-5-7-9-11-13-15-17-16-14-12-10-8-6-4-2;5-3(6)1-4-2-10(7,8)9/h17H,3-16H2,1-2H3;4H,1-2H2,(H,5,6)(H2,7,8,9). The molecule has 0 aliphatic rings. The van der Waals surface area contributed by atoms with Crippen LogP contribution in [0.2, 0.25) is 0 Å². The summed E-state index contributed by atoms with van der Waals surface area (Å²) < 4.78 is 10.1. The summed E-state index contributed by atoms with van der Waals surface area (Å²) in [5, 5.41) is 13.6. The first kappa shape index (κ1) is 28.7. The van der Waals surface area contributed by atoms with Gasteiger partial charge in [-0.3, -0.25) is 14.7 Å². The Morgan fingerprint density at radius 3 is 1.52 bits per heavy atom. The molecule has 0 unspecified atom stereocenters. The van der Waals surface area contributed by atoms with Crippen molar-refractivity contribution in [2.45, 2.75) is 90.9 Å². The van der Waals surface area contributed by atoms with Crippen molar-refractivity contribution in [2.75, 3.05) is 25.9 Å². The molecule has 0 saturated carbocycles. The van der Waals surface area contributed by atoms with Gasteiger partial charge in [0.1, 0.15) is 0 Å². The lowest BCUT2D eigenvalue weighted by atomic mass is 10.1. The highest BCUT2D eigenvalue weighted by Gasteiger charge is 2.11. The fourth-order valence-electron chi connectivity index (χ4n) is 2.49. The molecule has 0 atom stereocenters. The highest BCUT2D eigenvalue weighted by molar-refractivity contribution is 7.51. The normalized spacial score (nSPS) is 11.1. The van der Waals surface area contributed by atoms with Crippen LogP contribution < -0.4 is 10.6 Å². The summed E-state index contributed by atoms with van der Waals surface area (Å²) in [6.45, 7) is 6.59. The van der Waals surface area contributed by atoms with E-state index in [1.807, 2.05) is 0 Å². The van der Waals surface area contributed by atoms with Crippen LogP contribution in [0, 0.1) is 0 Å². The maximum atomic E-state index is 10.1. The third-order valence-corrected chi connectivity index (χ3v) is 4.64. The predicted molar refractivity (Wildman–Crippen MR) is 112 cm³/mol. The Morgan fingerprint density at radius 1 is 0.741 bits per heavy atom. The molecule has 7 nitrogen and oxygen atoms in total. The van der Waals surface area contributed by atoms with Gasteiger partial charge in [0, 0.05) is 0 Å². The quantitative estimate of drug-likeness (QED) is 0.170. The fourth-order valence-corrected chi connectivity index (χ4v) is 2.90. The Hall–Kier alpha value is -0.460. The number of aliphatic carboxylic acids is 1. The topological polar surface area (TPSA) is 119 Å². The van der Waals surface area contributed by atoms with Gasteiger partial charge in [-0.1, -0.05) is 78.1 Å². The molecule has 0 amide bonds. The summed E-state index contributed by atoms with van der Waals surface area (Å²) >= 11 is 0. The van der Waals surface area contributed by atoms with E-state index in [4.69, 9.17) is 14.9 Å². The summed E-state index contributed by atoms with van der Waals surface area (Å²) in [5.74, 6) is -1.14. The van der Waals surface area contributed by atoms with E-state index in [-0.39, 0.29) is 0 Å². The molecule has 0 aromatic heterocycles. The summed E-state index contributed by atoms with van der Waals surface area (Å²) in [7, 11) is -4.10. The Kier molecular flexibility index (Phi) is 23.2. The largest absolute Gasteiger partial charge is 0.480 e. The van der Waals surface area contributed by atoms with Gasteiger partial charge >= 0.3 is 13.6 Å². The highest BCUT2D eigenvalue weighted by atomic mass is 31.2. The molecule has 27 heavy (non-hydrogen) atoms. The molecule has 8 heteroatoms. The number of unbranched alkanes of at least 4 members (excludes halogenated alkanes) is 10. The van der Waals surface area contributed by atoms with E-state index in [0.29, 0.717) is 0 Å². The SMILES string of the molecule is CCCCCCCCNCCCCCCCC.O=C(O)CNCP(=O)(O)O. The zero-order valence-electron chi connectivity index (χ0n) is 17.4. The molecule has 0 aromatic carbocycles. The molecule has 0 aromatic rings. The molecule has 0 bridgehead atoms. The van der Waals surface area contributed by atoms with Crippen LogP contribution >= 0.6 is 7.60 Å². The molecular weight excluding hydrogens is 367 g/mol. The van der Waals surface area contributed by atoms with Gasteiger partial charge in [-0.25, -0.2) is 0 Å². The van der Waals surface area contributed by atoms with Crippen LogP contribution in [0.5, 0.6) is 0 Å². The molecule has 0 saturated heterocycles. The minimum atomic E-state index is -4.10. The molecule has 0 aliphatic heterocycles. The molecule has 0 spiro atoms. The number of carbonyl (C=O) groups is 1. The van der Waals surface area contributed by atoms with Crippen LogP contribution in [-0.2, 0) is 9.36 Å². The van der Waals surface area contributed by atoms with Gasteiger partial charge in [-0.15, -0.1) is 0 Å². The van der Waals surface area contributed by atoms with Crippen LogP contribution in [0.15, 0.2) is 0 Å². The smallest absolute Gasteiger partial charge is 0.339 e. The van der Waals surface area contributed by atoms with Crippen LogP contribution in [0.25, 0.3) is 0 Å². The predicted octanol–water partition coefficient (Wildman–Crippen LogP) is 4.09. The maximum absolute atomic E-state index is 10.1. The lowest BCUT2D eigenvalue weighted by Crippen LogP contribution is -2.23. The van der Waals surface area contributed by atoms with E-state index in [2.05, 4.69) is 24.5 Å². The highest BCUT2D eigenvalue weighted by Crippen LogP contribution is 2.31. The monoisotopic (exact) mass is 410 g/mol. The third-order valence-electron chi connectivity index (χ3n) is 4.01. The van der Waals surface area contributed by atoms with Gasteiger partial charge in [0.05, 0.1) is 12.8 Å². The van der Waals surface area contributed by atoms with Gasteiger partial charge < -0.3 is 20.2 Å². The molecule has 5 N–H and O–H groups in total. The second-order valence-corrected chi connectivity index (χ2v) is 8.57. The number of carboxylic acids is 1. The second-order valence-electron chi connectivity index (χ2n) is 6.93. The lowest BCUT2D eigenvalue weighted by molar-refractivity contribution is -0.135. The van der Waals surface area contributed by atoms with E-state index in [1.54, 1.807) is 0 Å². The molecule has 0 heterocycles. The number of hydrogen-bond donors (Lipinski definition) is 5. The second kappa shape index (κ2) is 21.8. The molecule has 0 rings (SSSR count). The van der Waals surface area contributed by atoms with Crippen molar-refractivity contribution in [1.82, 2.24) is 10.6 Å². The average Bonchev–Trinajstić information content (AvgIpc) is 2.58. The Balaban J connectivity index is 0. The van der Waals surface area contributed by atoms with Crippen LogP contribution in [0.4, 0.5) is 0 Å². The van der Waals surface area contributed by atoms with Gasteiger partial charge in [0.25, 0.3) is 0 Å². The summed E-state index contributed by atoms with van der Waals surface area (Å²) in [6.07, 6.45) is 16.3. The number of rotatable bonds is 18. The number of hydrogen-bond acceptors (Lipinski definition) is 4. The van der Waals surface area contributed by atoms with Gasteiger partial charge in [-0.05, 0) is 25.9 Å².